The molecule has 0 radical (unpaired) electrons. The van der Waals surface area contributed by atoms with Gasteiger partial charge >= 0.3 is 0 Å². The molecule has 0 aliphatic heterocycles. The Balaban J connectivity index is 0.902. The summed E-state index contributed by atoms with van der Waals surface area (Å²) in [6.45, 7) is 0. The van der Waals surface area contributed by atoms with Gasteiger partial charge in [-0.25, -0.2) is 9.98 Å². The van der Waals surface area contributed by atoms with Crippen LogP contribution in [-0.4, -0.2) is 98.5 Å². The van der Waals surface area contributed by atoms with Crippen LogP contribution < -0.4 is 21.3 Å². The predicted molar refractivity (Wildman–Crippen MR) is 411 cm³/mol. The molecule has 0 bridgehead atoms. The van der Waals surface area contributed by atoms with Crippen molar-refractivity contribution in [3.05, 3.63) is 204 Å². The highest BCUT2D eigenvalue weighted by molar-refractivity contribution is 7.98. The number of nitrogens with zero attached hydrogens (tertiary/aromatic N) is 6. The number of fused-ring (bicyclic) bond motifs is 2. The standard InChI is InChI=1S/C64H50N12O18S10/c65-61(95)67-43-25-17-37(53(29-43)99(77,78)79)9-11-39-19-27-45(31-55(39)101(83,84)85)69-63(97)71-59-49-7-3-1-5-47(49)57(103(89,90)91)33-51(59)75-73-41-21-13-35(14-22-41)36-15-23-42(24-16-36)74-76-52-34-58(104(92,93)94)48-6-2-4-8-50(48)60(52)72-64(98)70-46-28-20-40(56(32-46)102(86,87)88)12-10-38-18-26-44(68-62(66)96)30-54(38)100(80,81)82/h1-34H,(H3,65,67,95)(H3,66,68,96)(H2,69,71,97)(H2,70,72,98)(H,77,78,79)(H,80,81,82)(H,83,84,85)(H,86,87,88)(H,89,90,91)(H,92,93,94)/b11-9+,12-10+,75-73?,76-74?. The number of aliphatic imine (C=N–C) groups is 2. The van der Waals surface area contributed by atoms with Gasteiger partial charge in [-0.15, -0.1) is 60.7 Å². The van der Waals surface area contributed by atoms with E-state index < -0.39 is 90.1 Å². The average molecular weight is 1600 g/mol. The van der Waals surface area contributed by atoms with Crippen molar-refractivity contribution in [1.82, 2.24) is 0 Å². The van der Waals surface area contributed by atoms with E-state index in [1.807, 2.05) is 0 Å². The molecule has 534 valence electrons. The van der Waals surface area contributed by atoms with Crippen molar-refractivity contribution < 1.29 is 77.8 Å². The summed E-state index contributed by atoms with van der Waals surface area (Å²) in [5.41, 5.74) is 1.02. The second kappa shape index (κ2) is 30.8. The quantitative estimate of drug-likeness (QED) is 0.00793. The molecule has 0 unspecified atom stereocenters. The first-order valence-corrected chi connectivity index (χ1v) is 39.3. The van der Waals surface area contributed by atoms with E-state index in [0.717, 1.165) is 60.7 Å². The highest BCUT2D eigenvalue weighted by Gasteiger charge is 2.25. The molecule has 10 aromatic carbocycles. The molecule has 0 saturated heterocycles. The van der Waals surface area contributed by atoms with Crippen LogP contribution in [0.3, 0.4) is 0 Å². The number of azo groups is 2. The van der Waals surface area contributed by atoms with Crippen molar-refractivity contribution in [2.75, 3.05) is 21.3 Å². The number of nitrogens with one attached hydrogen (secondary N) is 6. The number of anilines is 4. The van der Waals surface area contributed by atoms with Crippen molar-refractivity contribution in [3.8, 4) is 11.1 Å². The molecule has 0 fully saturated rings. The molecule has 0 aliphatic carbocycles. The van der Waals surface area contributed by atoms with Gasteiger partial charge in [-0.1, -0.05) is 121 Å². The van der Waals surface area contributed by atoms with Crippen LogP contribution in [-0.2, 0) is 60.7 Å². The number of thiol groups is 4. The van der Waals surface area contributed by atoms with E-state index in [1.165, 1.54) is 84.9 Å². The van der Waals surface area contributed by atoms with Gasteiger partial charge in [0.15, 0.2) is 20.7 Å². The molecule has 30 nitrogen and oxygen atoms in total. The Morgan fingerprint density at radius 3 is 0.894 bits per heavy atom. The first-order valence-electron chi connectivity index (χ1n) is 28.9. The second-order valence-electron chi connectivity index (χ2n) is 21.7. The fraction of sp³-hybridized carbons (Fsp3) is 0. The van der Waals surface area contributed by atoms with E-state index in [0.29, 0.717) is 11.1 Å². The minimum Gasteiger partial charge on any atom is -0.335 e. The van der Waals surface area contributed by atoms with E-state index in [9.17, 15) is 77.8 Å². The summed E-state index contributed by atoms with van der Waals surface area (Å²) < 4.78 is 213. The summed E-state index contributed by atoms with van der Waals surface area (Å²) in [6.07, 6.45) is 4.63. The Labute approximate surface area is 614 Å². The summed E-state index contributed by atoms with van der Waals surface area (Å²) in [6, 6.07) is 41.4. The summed E-state index contributed by atoms with van der Waals surface area (Å²) in [5, 5.41) is 42.5. The lowest BCUT2D eigenvalue weighted by molar-refractivity contribution is 0.480. The maximum absolute atomic E-state index is 12.8. The zero-order valence-corrected chi connectivity index (χ0v) is 60.6. The van der Waals surface area contributed by atoms with Crippen molar-refractivity contribution in [3.63, 3.8) is 0 Å². The first-order chi connectivity index (χ1) is 48.8. The minimum atomic E-state index is -5.01. The van der Waals surface area contributed by atoms with Crippen molar-refractivity contribution in [2.45, 2.75) is 29.4 Å². The molecule has 0 spiro atoms. The third-order valence-corrected chi connectivity index (χ3v) is 20.7. The van der Waals surface area contributed by atoms with Crippen LogP contribution in [0.25, 0.3) is 57.0 Å². The van der Waals surface area contributed by atoms with Crippen molar-refractivity contribution in [1.29, 1.82) is 10.8 Å². The van der Waals surface area contributed by atoms with Crippen LogP contribution in [0.1, 0.15) is 22.3 Å². The average Bonchev–Trinajstić information content (AvgIpc) is 0.762. The number of benzene rings is 10. The van der Waals surface area contributed by atoms with Crippen LogP contribution >= 0.6 is 50.5 Å². The van der Waals surface area contributed by atoms with E-state index in [2.05, 4.69) is 102 Å². The number of hydrogen-bond donors (Lipinski definition) is 16. The molecular weight excluding hydrogens is 1550 g/mol. The van der Waals surface area contributed by atoms with Crippen molar-refractivity contribution >= 4 is 235 Å². The van der Waals surface area contributed by atoms with Gasteiger partial charge in [0.05, 0.1) is 34.1 Å². The predicted octanol–water partition coefficient (Wildman–Crippen LogP) is 14.9. The van der Waals surface area contributed by atoms with Gasteiger partial charge in [0.1, 0.15) is 40.7 Å². The van der Waals surface area contributed by atoms with E-state index in [1.54, 1.807) is 60.7 Å². The Bertz CT molecular complexity index is 5770. The Hall–Kier alpha value is -9.86. The molecule has 40 heteroatoms. The molecule has 0 amide bonds. The Morgan fingerprint density at radius 2 is 0.596 bits per heavy atom. The molecule has 10 aromatic rings. The van der Waals surface area contributed by atoms with Crippen LogP contribution in [0.4, 0.5) is 56.9 Å². The lowest BCUT2D eigenvalue weighted by Gasteiger charge is -2.14. The third-order valence-electron chi connectivity index (χ3n) is 14.6. The van der Waals surface area contributed by atoms with Gasteiger partial charge in [0.25, 0.3) is 60.7 Å². The second-order valence-corrected chi connectivity index (χ2v) is 31.7. The highest BCUT2D eigenvalue weighted by atomic mass is 32.2. The number of hydrogen-bond acceptors (Lipinski definition) is 20. The van der Waals surface area contributed by atoms with Crippen LogP contribution in [0, 0.1) is 10.8 Å². The van der Waals surface area contributed by atoms with Gasteiger partial charge in [-0.05, 0) is 118 Å². The van der Waals surface area contributed by atoms with Gasteiger partial charge in [0.2, 0.25) is 0 Å². The van der Waals surface area contributed by atoms with Crippen LogP contribution in [0.5, 0.6) is 0 Å². The minimum absolute atomic E-state index is 0.0340. The Kier molecular flexibility index (Phi) is 22.8. The lowest BCUT2D eigenvalue weighted by Crippen LogP contribution is -2.07. The largest absolute Gasteiger partial charge is 0.335 e. The zero-order valence-electron chi connectivity index (χ0n) is 52.1. The molecule has 0 atom stereocenters. The Morgan fingerprint density at radius 1 is 0.317 bits per heavy atom. The molecule has 0 saturated carbocycles. The van der Waals surface area contributed by atoms with Gasteiger partial charge < -0.3 is 21.3 Å². The molecule has 0 heterocycles. The maximum atomic E-state index is 12.8. The normalized spacial score (nSPS) is 13.0. The van der Waals surface area contributed by atoms with E-state index >= 15 is 0 Å². The number of amidine groups is 4. The molecule has 12 N–H and O–H groups in total. The van der Waals surface area contributed by atoms with Gasteiger partial charge in [-0.3, -0.25) is 38.1 Å². The van der Waals surface area contributed by atoms with E-state index in [-0.39, 0.29) is 121 Å². The SMILES string of the molecule is N=C(S)Nc1ccc(/C=C/c2ccc(N=C(S)Nc3c(N=Nc4ccc(-c5ccc(N=Nc6cc(S(=O)(=O)O)c7ccccc7c6NC(S)=Nc6ccc(/C=C/c7ccc(NC(=N)S)cc7S(=O)(=O)O)c(S(=O)(=O)O)c6)cc5)cc4)cc(S(=O)(=O)O)c4ccccc34)cc2S(=O)(=O)O)c(S(=O)(=O)O)c1. The van der Waals surface area contributed by atoms with Crippen molar-refractivity contribution in [2.24, 2.45) is 30.4 Å². The maximum Gasteiger partial charge on any atom is 0.295 e. The van der Waals surface area contributed by atoms with E-state index in [4.69, 9.17) is 10.8 Å². The topological polar surface area (TPSA) is 496 Å². The summed E-state index contributed by atoms with van der Waals surface area (Å²) in [5.74, 6) is 0. The first kappa shape index (κ1) is 76.8. The molecule has 10 rings (SSSR count). The molecule has 104 heavy (non-hydrogen) atoms. The summed E-state index contributed by atoms with van der Waals surface area (Å²) in [4.78, 5) is 5.02. The van der Waals surface area contributed by atoms with Crippen LogP contribution in [0.15, 0.2) is 242 Å². The van der Waals surface area contributed by atoms with Gasteiger partial charge in [-0.2, -0.15) is 60.7 Å². The summed E-state index contributed by atoms with van der Waals surface area (Å²) in [7, 11) is -29.6. The zero-order chi connectivity index (χ0) is 75.4. The van der Waals surface area contributed by atoms with Gasteiger partial charge in [0, 0.05) is 32.9 Å². The lowest BCUT2D eigenvalue weighted by atomic mass is 10.1. The smallest absolute Gasteiger partial charge is 0.295 e. The highest BCUT2D eigenvalue weighted by Crippen LogP contribution is 2.42. The number of rotatable bonds is 21. The van der Waals surface area contributed by atoms with Crippen LogP contribution in [0.2, 0.25) is 0 Å². The summed E-state index contributed by atoms with van der Waals surface area (Å²) >= 11 is 16.6. The molecular formula is C64H50N12O18S10. The monoisotopic (exact) mass is 1590 g/mol. The molecule has 0 aromatic heterocycles. The third kappa shape index (κ3) is 19.1. The fourth-order valence-corrected chi connectivity index (χ4v) is 15.2. The molecule has 0 aliphatic rings. The fourth-order valence-electron chi connectivity index (χ4n) is 10.2.